The van der Waals surface area contributed by atoms with Gasteiger partial charge in [0.15, 0.2) is 0 Å². The number of nitrogens with one attached hydrogen (secondary N) is 1. The quantitative estimate of drug-likeness (QED) is 0.730. The van der Waals surface area contributed by atoms with Crippen LogP contribution in [0.15, 0.2) is 0 Å². The molecule has 1 atom stereocenters. The summed E-state index contributed by atoms with van der Waals surface area (Å²) in [5, 5.41) is 3.11. The number of thiocarbonyl (C=S) groups is 1. The van der Waals surface area contributed by atoms with Crippen LogP contribution in [0.2, 0.25) is 0 Å². The van der Waals surface area contributed by atoms with Gasteiger partial charge in [0.2, 0.25) is 5.91 Å². The van der Waals surface area contributed by atoms with E-state index < -0.39 is 0 Å². The lowest BCUT2D eigenvalue weighted by Crippen LogP contribution is -2.44. The maximum atomic E-state index is 12.0. The first kappa shape index (κ1) is 15.4. The van der Waals surface area contributed by atoms with Crippen molar-refractivity contribution in [2.75, 3.05) is 0 Å². The smallest absolute Gasteiger partial charge is 0.230 e. The Balaban J connectivity index is 2.36. The van der Waals surface area contributed by atoms with Crippen molar-refractivity contribution >= 4 is 23.1 Å². The number of hydrogen-bond donors (Lipinski definition) is 2. The van der Waals surface area contributed by atoms with E-state index in [-0.39, 0.29) is 11.8 Å². The fourth-order valence-corrected chi connectivity index (χ4v) is 3.09. The van der Waals surface area contributed by atoms with Crippen molar-refractivity contribution in [2.24, 2.45) is 17.6 Å². The predicted octanol–water partition coefficient (Wildman–Crippen LogP) is 2.77. The molecule has 1 amide bonds. The van der Waals surface area contributed by atoms with E-state index in [1.165, 1.54) is 25.7 Å². The fourth-order valence-electron chi connectivity index (χ4n) is 2.82. The summed E-state index contributed by atoms with van der Waals surface area (Å²) in [6, 6.07) is 0.328. The van der Waals surface area contributed by atoms with Gasteiger partial charge in [0, 0.05) is 6.04 Å². The van der Waals surface area contributed by atoms with Crippen molar-refractivity contribution < 1.29 is 4.79 Å². The normalized spacial score (nSPS) is 25.4. The van der Waals surface area contributed by atoms with Crippen molar-refractivity contribution in [3.05, 3.63) is 0 Å². The molecule has 0 aromatic carbocycles. The zero-order chi connectivity index (χ0) is 13.5. The summed E-state index contributed by atoms with van der Waals surface area (Å²) in [5.74, 6) is 0.581. The molecule has 1 rings (SSSR count). The summed E-state index contributed by atoms with van der Waals surface area (Å²) < 4.78 is 0. The Morgan fingerprint density at radius 1 is 1.33 bits per heavy atom. The molecule has 1 aliphatic rings. The van der Waals surface area contributed by atoms with Gasteiger partial charge in [-0.25, -0.2) is 0 Å². The molecule has 1 aliphatic carbocycles. The van der Waals surface area contributed by atoms with Gasteiger partial charge in [-0.15, -0.1) is 0 Å². The van der Waals surface area contributed by atoms with E-state index in [0.29, 0.717) is 17.5 Å². The lowest BCUT2D eigenvalue weighted by molar-refractivity contribution is -0.124. The van der Waals surface area contributed by atoms with Gasteiger partial charge in [-0.2, -0.15) is 0 Å². The van der Waals surface area contributed by atoms with E-state index in [4.69, 9.17) is 18.0 Å². The third kappa shape index (κ3) is 4.56. The first-order valence-corrected chi connectivity index (χ1v) is 7.58. The summed E-state index contributed by atoms with van der Waals surface area (Å²) in [7, 11) is 0. The van der Waals surface area contributed by atoms with Crippen LogP contribution in [-0.4, -0.2) is 16.9 Å². The zero-order valence-electron chi connectivity index (χ0n) is 11.6. The fraction of sp³-hybridized carbons (Fsp3) is 0.857. The predicted molar refractivity (Wildman–Crippen MR) is 79.4 cm³/mol. The highest BCUT2D eigenvalue weighted by molar-refractivity contribution is 7.80. The molecule has 0 radical (unpaired) electrons. The molecule has 18 heavy (non-hydrogen) atoms. The van der Waals surface area contributed by atoms with Crippen LogP contribution in [-0.2, 0) is 4.79 Å². The van der Waals surface area contributed by atoms with E-state index in [9.17, 15) is 4.79 Å². The van der Waals surface area contributed by atoms with Gasteiger partial charge >= 0.3 is 0 Å². The molecule has 3 N–H and O–H groups in total. The van der Waals surface area contributed by atoms with E-state index in [1.54, 1.807) is 0 Å². The minimum atomic E-state index is -0.298. The monoisotopic (exact) mass is 270 g/mol. The summed E-state index contributed by atoms with van der Waals surface area (Å²) in [4.78, 5) is 12.3. The summed E-state index contributed by atoms with van der Waals surface area (Å²) >= 11 is 4.93. The largest absolute Gasteiger partial charge is 0.393 e. The Bertz CT molecular complexity index is 286. The highest BCUT2D eigenvalue weighted by Crippen LogP contribution is 2.27. The first-order chi connectivity index (χ1) is 8.58. The van der Waals surface area contributed by atoms with Crippen molar-refractivity contribution in [3.63, 3.8) is 0 Å². The first-order valence-electron chi connectivity index (χ1n) is 7.18. The summed E-state index contributed by atoms with van der Waals surface area (Å²) in [6.07, 6.45) is 7.96. The van der Waals surface area contributed by atoms with E-state index in [2.05, 4.69) is 12.2 Å². The van der Waals surface area contributed by atoms with Crippen molar-refractivity contribution in [2.45, 2.75) is 64.8 Å². The molecule has 104 valence electrons. The number of carbonyl (C=O) groups is 1. The summed E-state index contributed by atoms with van der Waals surface area (Å²) in [6.45, 7) is 4.18. The van der Waals surface area contributed by atoms with Gasteiger partial charge in [0.05, 0.1) is 10.9 Å². The van der Waals surface area contributed by atoms with Crippen molar-refractivity contribution in [1.29, 1.82) is 0 Å². The zero-order valence-corrected chi connectivity index (χ0v) is 12.4. The van der Waals surface area contributed by atoms with Gasteiger partial charge in [-0.1, -0.05) is 38.9 Å². The molecule has 0 aromatic rings. The standard InChI is InChI=1S/C14H26N2OS/c1-3-5-10-6-8-11(9-7-10)16-14(17)12(4-2)13(15)18/h10-12H,3-9H2,1-2H3,(H2,15,18)(H,16,17). The Morgan fingerprint density at radius 2 is 1.94 bits per heavy atom. The Labute approximate surface area is 116 Å². The second-order valence-corrected chi connectivity index (χ2v) is 5.85. The lowest BCUT2D eigenvalue weighted by Gasteiger charge is -2.30. The van der Waals surface area contributed by atoms with Crippen LogP contribution in [0, 0.1) is 11.8 Å². The van der Waals surface area contributed by atoms with Crippen LogP contribution >= 0.6 is 12.2 Å². The van der Waals surface area contributed by atoms with Gasteiger partial charge in [-0.05, 0) is 38.0 Å². The number of carbonyl (C=O) groups excluding carboxylic acids is 1. The van der Waals surface area contributed by atoms with Crippen molar-refractivity contribution in [3.8, 4) is 0 Å². The van der Waals surface area contributed by atoms with Crippen LogP contribution in [0.3, 0.4) is 0 Å². The SMILES string of the molecule is CCCC1CCC(NC(=O)C(CC)C(N)=S)CC1. The van der Waals surface area contributed by atoms with Gasteiger partial charge < -0.3 is 11.1 Å². The second kappa shape index (κ2) is 7.72. The minimum absolute atomic E-state index is 0.0175. The molecule has 0 bridgehead atoms. The molecule has 0 aromatic heterocycles. The Kier molecular flexibility index (Phi) is 6.61. The van der Waals surface area contributed by atoms with Crippen LogP contribution in [0.5, 0.6) is 0 Å². The van der Waals surface area contributed by atoms with E-state index in [1.807, 2.05) is 6.92 Å². The number of rotatable bonds is 6. The molecular weight excluding hydrogens is 244 g/mol. The maximum Gasteiger partial charge on any atom is 0.230 e. The minimum Gasteiger partial charge on any atom is -0.393 e. The number of nitrogens with two attached hydrogens (primary N) is 1. The average Bonchev–Trinajstić information content (AvgIpc) is 2.32. The third-order valence-electron chi connectivity index (χ3n) is 3.96. The molecule has 1 saturated carbocycles. The molecule has 4 heteroatoms. The molecule has 1 fully saturated rings. The molecule has 0 heterocycles. The molecule has 1 unspecified atom stereocenters. The Morgan fingerprint density at radius 3 is 2.39 bits per heavy atom. The van der Waals surface area contributed by atoms with Gasteiger partial charge in [0.1, 0.15) is 0 Å². The number of amides is 1. The second-order valence-electron chi connectivity index (χ2n) is 5.38. The maximum absolute atomic E-state index is 12.0. The summed E-state index contributed by atoms with van der Waals surface area (Å²) in [5.41, 5.74) is 5.59. The van der Waals surface area contributed by atoms with E-state index in [0.717, 1.165) is 18.8 Å². The highest BCUT2D eigenvalue weighted by atomic mass is 32.1. The van der Waals surface area contributed by atoms with Crippen molar-refractivity contribution in [1.82, 2.24) is 5.32 Å². The van der Waals surface area contributed by atoms with Gasteiger partial charge in [0.25, 0.3) is 0 Å². The molecule has 0 saturated heterocycles. The third-order valence-corrected chi connectivity index (χ3v) is 4.24. The van der Waals surface area contributed by atoms with Crippen LogP contribution in [0.4, 0.5) is 0 Å². The highest BCUT2D eigenvalue weighted by Gasteiger charge is 2.25. The van der Waals surface area contributed by atoms with Crippen LogP contribution in [0.25, 0.3) is 0 Å². The molecule has 0 aliphatic heterocycles. The lowest BCUT2D eigenvalue weighted by atomic mass is 9.83. The Hall–Kier alpha value is -0.640. The number of hydrogen-bond acceptors (Lipinski definition) is 2. The topological polar surface area (TPSA) is 55.1 Å². The van der Waals surface area contributed by atoms with Crippen LogP contribution < -0.4 is 11.1 Å². The van der Waals surface area contributed by atoms with Crippen LogP contribution in [0.1, 0.15) is 58.8 Å². The molecule has 3 nitrogen and oxygen atoms in total. The van der Waals surface area contributed by atoms with Gasteiger partial charge in [-0.3, -0.25) is 4.79 Å². The molecular formula is C14H26N2OS. The van der Waals surface area contributed by atoms with E-state index >= 15 is 0 Å². The molecule has 0 spiro atoms. The average molecular weight is 270 g/mol.